The van der Waals surface area contributed by atoms with Crippen molar-refractivity contribution in [2.24, 2.45) is 0 Å². The second-order valence-electron chi connectivity index (χ2n) is 7.68. The Morgan fingerprint density at radius 3 is 2.68 bits per heavy atom. The SMILES string of the molecule is Cc1ccc(C(CNC(=O)Cc2csc(-c3ccccc3Cl)n2)N2CCOCC2)cc1. The van der Waals surface area contributed by atoms with Gasteiger partial charge in [-0.05, 0) is 18.6 Å². The summed E-state index contributed by atoms with van der Waals surface area (Å²) >= 11 is 7.78. The fourth-order valence-corrected chi connectivity index (χ4v) is 4.86. The summed E-state index contributed by atoms with van der Waals surface area (Å²) in [5.41, 5.74) is 4.09. The van der Waals surface area contributed by atoms with Gasteiger partial charge in [-0.1, -0.05) is 59.6 Å². The highest BCUT2D eigenvalue weighted by Crippen LogP contribution is 2.30. The van der Waals surface area contributed by atoms with Gasteiger partial charge in [0.25, 0.3) is 0 Å². The zero-order chi connectivity index (χ0) is 21.6. The lowest BCUT2D eigenvalue weighted by molar-refractivity contribution is -0.120. The molecule has 0 bridgehead atoms. The first kappa shape index (κ1) is 22.0. The molecule has 1 saturated heterocycles. The average molecular weight is 456 g/mol. The number of thiazole rings is 1. The summed E-state index contributed by atoms with van der Waals surface area (Å²) in [6, 6.07) is 16.3. The Morgan fingerprint density at radius 2 is 1.94 bits per heavy atom. The lowest BCUT2D eigenvalue weighted by Gasteiger charge is -2.35. The van der Waals surface area contributed by atoms with Crippen LogP contribution in [0.15, 0.2) is 53.9 Å². The summed E-state index contributed by atoms with van der Waals surface area (Å²) in [5, 5.41) is 6.55. The van der Waals surface area contributed by atoms with E-state index in [-0.39, 0.29) is 18.4 Å². The Balaban J connectivity index is 1.40. The molecule has 1 atom stereocenters. The normalized spacial score (nSPS) is 15.5. The number of morpholine rings is 1. The Bertz CT molecular complexity index is 1020. The van der Waals surface area contributed by atoms with Crippen molar-refractivity contribution in [1.29, 1.82) is 0 Å². The van der Waals surface area contributed by atoms with Crippen LogP contribution in [0.4, 0.5) is 0 Å². The topological polar surface area (TPSA) is 54.5 Å². The molecule has 1 amide bonds. The molecule has 1 aliphatic heterocycles. The molecule has 2 heterocycles. The molecule has 1 fully saturated rings. The van der Waals surface area contributed by atoms with E-state index in [1.165, 1.54) is 22.5 Å². The molecule has 162 valence electrons. The van der Waals surface area contributed by atoms with Crippen LogP contribution < -0.4 is 5.32 Å². The van der Waals surface area contributed by atoms with Gasteiger partial charge in [0.15, 0.2) is 0 Å². The number of ether oxygens (including phenoxy) is 1. The highest BCUT2D eigenvalue weighted by atomic mass is 35.5. The average Bonchev–Trinajstić information content (AvgIpc) is 3.24. The van der Waals surface area contributed by atoms with Crippen molar-refractivity contribution < 1.29 is 9.53 Å². The van der Waals surface area contributed by atoms with Crippen LogP contribution in [0.1, 0.15) is 22.9 Å². The van der Waals surface area contributed by atoms with Gasteiger partial charge in [-0.2, -0.15) is 0 Å². The van der Waals surface area contributed by atoms with Crippen LogP contribution >= 0.6 is 22.9 Å². The molecule has 5 nitrogen and oxygen atoms in total. The van der Waals surface area contributed by atoms with Gasteiger partial charge in [0, 0.05) is 30.6 Å². The maximum absolute atomic E-state index is 12.7. The maximum atomic E-state index is 12.7. The number of nitrogens with zero attached hydrogens (tertiary/aromatic N) is 2. The van der Waals surface area contributed by atoms with Gasteiger partial charge in [-0.3, -0.25) is 9.69 Å². The van der Waals surface area contributed by atoms with E-state index < -0.39 is 0 Å². The minimum atomic E-state index is -0.0265. The Kier molecular flexibility index (Phi) is 7.35. The predicted molar refractivity (Wildman–Crippen MR) is 126 cm³/mol. The molecule has 2 aromatic carbocycles. The number of nitrogens with one attached hydrogen (secondary N) is 1. The molecule has 0 spiro atoms. The summed E-state index contributed by atoms with van der Waals surface area (Å²) in [7, 11) is 0. The van der Waals surface area contributed by atoms with Gasteiger partial charge in [-0.25, -0.2) is 4.98 Å². The fraction of sp³-hybridized carbons (Fsp3) is 0.333. The van der Waals surface area contributed by atoms with E-state index in [1.54, 1.807) is 0 Å². The number of carbonyl (C=O) groups excluding carboxylic acids is 1. The number of aromatic nitrogens is 1. The monoisotopic (exact) mass is 455 g/mol. The second-order valence-corrected chi connectivity index (χ2v) is 8.94. The summed E-state index contributed by atoms with van der Waals surface area (Å²) in [6.45, 7) is 5.81. The van der Waals surface area contributed by atoms with Crippen molar-refractivity contribution in [3.05, 3.63) is 75.8 Å². The van der Waals surface area contributed by atoms with Crippen molar-refractivity contribution in [1.82, 2.24) is 15.2 Å². The molecule has 1 N–H and O–H groups in total. The lowest BCUT2D eigenvalue weighted by atomic mass is 10.0. The van der Waals surface area contributed by atoms with Gasteiger partial charge in [0.05, 0.1) is 36.4 Å². The summed E-state index contributed by atoms with van der Waals surface area (Å²) < 4.78 is 5.51. The van der Waals surface area contributed by atoms with E-state index in [9.17, 15) is 4.79 Å². The van der Waals surface area contributed by atoms with E-state index in [0.717, 1.165) is 42.6 Å². The zero-order valence-electron chi connectivity index (χ0n) is 17.5. The van der Waals surface area contributed by atoms with Crippen molar-refractivity contribution in [2.45, 2.75) is 19.4 Å². The van der Waals surface area contributed by atoms with Crippen molar-refractivity contribution in [3.63, 3.8) is 0 Å². The van der Waals surface area contributed by atoms with Crippen LogP contribution in [0, 0.1) is 6.92 Å². The van der Waals surface area contributed by atoms with Gasteiger partial charge in [0.1, 0.15) is 5.01 Å². The standard InChI is InChI=1S/C24H26ClN3O2S/c1-17-6-8-18(9-7-17)22(28-10-12-30-13-11-28)15-26-23(29)14-19-16-31-24(27-19)20-4-2-3-5-21(20)25/h2-9,16,22H,10-15H2,1H3,(H,26,29). The maximum Gasteiger partial charge on any atom is 0.226 e. The zero-order valence-corrected chi connectivity index (χ0v) is 19.1. The number of hydrogen-bond donors (Lipinski definition) is 1. The third kappa shape index (κ3) is 5.71. The Morgan fingerprint density at radius 1 is 1.19 bits per heavy atom. The molecule has 1 aromatic heterocycles. The summed E-state index contributed by atoms with van der Waals surface area (Å²) in [4.78, 5) is 19.7. The fourth-order valence-electron chi connectivity index (χ4n) is 3.72. The van der Waals surface area contributed by atoms with Crippen molar-refractivity contribution >= 4 is 28.8 Å². The number of aryl methyl sites for hydroxylation is 1. The molecule has 1 unspecified atom stereocenters. The van der Waals surface area contributed by atoms with E-state index in [2.05, 4.69) is 46.4 Å². The van der Waals surface area contributed by atoms with E-state index in [1.807, 2.05) is 29.6 Å². The van der Waals surface area contributed by atoms with Crippen LogP contribution in [0.5, 0.6) is 0 Å². The van der Waals surface area contributed by atoms with Gasteiger partial charge >= 0.3 is 0 Å². The molecule has 7 heteroatoms. The molecule has 0 radical (unpaired) electrons. The minimum Gasteiger partial charge on any atom is -0.379 e. The quantitative estimate of drug-likeness (QED) is 0.569. The van der Waals surface area contributed by atoms with Crippen LogP contribution in [0.3, 0.4) is 0 Å². The molecule has 4 rings (SSSR count). The highest BCUT2D eigenvalue weighted by Gasteiger charge is 2.23. The molecule has 31 heavy (non-hydrogen) atoms. The highest BCUT2D eigenvalue weighted by molar-refractivity contribution is 7.13. The van der Waals surface area contributed by atoms with Gasteiger partial charge < -0.3 is 10.1 Å². The smallest absolute Gasteiger partial charge is 0.226 e. The first-order valence-corrected chi connectivity index (χ1v) is 11.7. The van der Waals surface area contributed by atoms with Crippen molar-refractivity contribution in [2.75, 3.05) is 32.8 Å². The number of rotatable bonds is 7. The first-order valence-electron chi connectivity index (χ1n) is 10.4. The molecule has 1 aliphatic rings. The Hall–Kier alpha value is -2.25. The number of carbonyl (C=O) groups is 1. The number of hydrogen-bond acceptors (Lipinski definition) is 5. The Labute approximate surface area is 192 Å². The number of amides is 1. The third-order valence-corrected chi connectivity index (χ3v) is 6.69. The summed E-state index contributed by atoms with van der Waals surface area (Å²) in [5.74, 6) is -0.0265. The van der Waals surface area contributed by atoms with Crippen LogP contribution in [0.2, 0.25) is 5.02 Å². The molecule has 0 saturated carbocycles. The summed E-state index contributed by atoms with van der Waals surface area (Å²) in [6.07, 6.45) is 0.255. The molecular weight excluding hydrogens is 430 g/mol. The number of benzene rings is 2. The van der Waals surface area contributed by atoms with Crippen LogP contribution in [0.25, 0.3) is 10.6 Å². The molecular formula is C24H26ClN3O2S. The number of halogens is 1. The predicted octanol–water partition coefficient (Wildman–Crippen LogP) is 4.50. The van der Waals surface area contributed by atoms with E-state index in [4.69, 9.17) is 16.3 Å². The van der Waals surface area contributed by atoms with E-state index >= 15 is 0 Å². The second kappa shape index (κ2) is 10.4. The molecule has 3 aromatic rings. The van der Waals surface area contributed by atoms with Crippen molar-refractivity contribution in [3.8, 4) is 10.6 Å². The third-order valence-electron chi connectivity index (χ3n) is 5.44. The van der Waals surface area contributed by atoms with Crippen LogP contribution in [-0.4, -0.2) is 48.6 Å². The molecule has 0 aliphatic carbocycles. The van der Waals surface area contributed by atoms with Gasteiger partial charge in [0.2, 0.25) is 5.91 Å². The largest absolute Gasteiger partial charge is 0.379 e. The van der Waals surface area contributed by atoms with E-state index in [0.29, 0.717) is 11.6 Å². The van der Waals surface area contributed by atoms with Gasteiger partial charge in [-0.15, -0.1) is 11.3 Å². The van der Waals surface area contributed by atoms with Crippen LogP contribution in [-0.2, 0) is 16.0 Å². The first-order chi connectivity index (χ1) is 15.1. The lowest BCUT2D eigenvalue weighted by Crippen LogP contribution is -2.44. The minimum absolute atomic E-state index is 0.0265.